The maximum atomic E-state index is 13.1. The Morgan fingerprint density at radius 2 is 2.08 bits per heavy atom. The Bertz CT molecular complexity index is 354. The molecule has 0 fully saturated rings. The van der Waals surface area contributed by atoms with Crippen LogP contribution in [0.15, 0.2) is 16.6 Å². The van der Waals surface area contributed by atoms with Gasteiger partial charge in [-0.05, 0) is 28.1 Å². The monoisotopic (exact) mass is 249 g/mol. The summed E-state index contributed by atoms with van der Waals surface area (Å²) < 4.78 is 25.8. The number of carbonyl (C=O) groups is 1. The highest BCUT2D eigenvalue weighted by Gasteiger charge is 2.14. The van der Waals surface area contributed by atoms with E-state index in [1.165, 1.54) is 0 Å². The smallest absolute Gasteiger partial charge is 0.179 e. The maximum Gasteiger partial charge on any atom is 0.179 e. The average molecular weight is 250 g/mol. The van der Waals surface area contributed by atoms with E-state index in [0.717, 1.165) is 12.1 Å². The van der Waals surface area contributed by atoms with Crippen molar-refractivity contribution in [3.8, 4) is 0 Å². The minimum atomic E-state index is -0.781. The van der Waals surface area contributed by atoms with E-state index in [0.29, 0.717) is 0 Å². The lowest BCUT2D eigenvalue weighted by Gasteiger charge is -2.02. The first kappa shape index (κ1) is 10.3. The zero-order chi connectivity index (χ0) is 10.0. The number of Topliss-reactive ketones (excluding diaryl/α,β-unsaturated/α-hetero) is 1. The molecule has 0 radical (unpaired) electrons. The highest BCUT2D eigenvalue weighted by Crippen LogP contribution is 2.20. The molecule has 13 heavy (non-hydrogen) atoms. The van der Waals surface area contributed by atoms with Crippen LogP contribution in [0.5, 0.6) is 0 Å². The molecule has 1 aromatic rings. The van der Waals surface area contributed by atoms with Crippen molar-refractivity contribution in [1.82, 2.24) is 0 Å². The molecule has 0 aliphatic carbocycles. The van der Waals surface area contributed by atoms with Gasteiger partial charge in [-0.3, -0.25) is 4.79 Å². The van der Waals surface area contributed by atoms with Crippen LogP contribution in [0.4, 0.5) is 8.78 Å². The van der Waals surface area contributed by atoms with Gasteiger partial charge in [-0.15, -0.1) is 0 Å². The fourth-order valence-corrected chi connectivity index (χ4v) is 1.30. The van der Waals surface area contributed by atoms with Gasteiger partial charge in [0.2, 0.25) is 0 Å². The molecule has 0 bridgehead atoms. The minimum Gasteiger partial charge on any atom is -0.324 e. The predicted octanol–water partition coefficient (Wildman–Crippen LogP) is 1.87. The first-order chi connectivity index (χ1) is 6.06. The third-order valence-corrected chi connectivity index (χ3v) is 2.06. The number of halogens is 3. The Morgan fingerprint density at radius 3 is 2.62 bits per heavy atom. The van der Waals surface area contributed by atoms with Crippen LogP contribution in [0.2, 0.25) is 0 Å². The fourth-order valence-electron chi connectivity index (χ4n) is 0.869. The Hall–Kier alpha value is -0.810. The van der Waals surface area contributed by atoms with E-state index in [1.807, 2.05) is 0 Å². The number of rotatable bonds is 2. The summed E-state index contributed by atoms with van der Waals surface area (Å²) in [6.45, 7) is -0.340. The van der Waals surface area contributed by atoms with Crippen LogP contribution in [0.1, 0.15) is 10.4 Å². The summed E-state index contributed by atoms with van der Waals surface area (Å²) in [7, 11) is 0. The van der Waals surface area contributed by atoms with E-state index in [1.54, 1.807) is 0 Å². The molecule has 0 saturated heterocycles. The third kappa shape index (κ3) is 2.10. The van der Waals surface area contributed by atoms with Crippen LogP contribution < -0.4 is 5.73 Å². The number of ketones is 1. The molecule has 1 aromatic carbocycles. The lowest BCUT2D eigenvalue weighted by Crippen LogP contribution is -2.15. The standard InChI is InChI=1S/C8H6BrF2NO/c9-6-2-4(10)1-5(8(6)11)7(13)3-12/h1-2H,3,12H2. The van der Waals surface area contributed by atoms with Crippen molar-refractivity contribution >= 4 is 21.7 Å². The number of carbonyl (C=O) groups excluding carboxylic acids is 1. The van der Waals surface area contributed by atoms with Crippen molar-refractivity contribution in [3.63, 3.8) is 0 Å². The molecule has 2 nitrogen and oxygen atoms in total. The van der Waals surface area contributed by atoms with Gasteiger partial charge in [0.25, 0.3) is 0 Å². The van der Waals surface area contributed by atoms with Crippen LogP contribution in [0.3, 0.4) is 0 Å². The first-order valence-corrected chi connectivity index (χ1v) is 4.23. The lowest BCUT2D eigenvalue weighted by molar-refractivity contribution is 0.0997. The second-order valence-electron chi connectivity index (χ2n) is 2.38. The highest BCUT2D eigenvalue weighted by atomic mass is 79.9. The van der Waals surface area contributed by atoms with Gasteiger partial charge in [-0.2, -0.15) is 0 Å². The summed E-state index contributed by atoms with van der Waals surface area (Å²) in [5.41, 5.74) is 4.69. The summed E-state index contributed by atoms with van der Waals surface area (Å²) >= 11 is 2.79. The van der Waals surface area contributed by atoms with Crippen LogP contribution >= 0.6 is 15.9 Å². The quantitative estimate of drug-likeness (QED) is 0.643. The SMILES string of the molecule is NCC(=O)c1cc(F)cc(Br)c1F. The average Bonchev–Trinajstić information content (AvgIpc) is 2.10. The van der Waals surface area contributed by atoms with Gasteiger partial charge < -0.3 is 5.73 Å². The van der Waals surface area contributed by atoms with Gasteiger partial charge in [-0.1, -0.05) is 0 Å². The number of nitrogens with two attached hydrogens (primary N) is 1. The molecule has 1 rings (SSSR count). The van der Waals surface area contributed by atoms with E-state index < -0.39 is 17.4 Å². The number of hydrogen-bond acceptors (Lipinski definition) is 2. The van der Waals surface area contributed by atoms with Crippen molar-refractivity contribution in [2.75, 3.05) is 6.54 Å². The van der Waals surface area contributed by atoms with Gasteiger partial charge in [-0.25, -0.2) is 8.78 Å². The highest BCUT2D eigenvalue weighted by molar-refractivity contribution is 9.10. The molecule has 0 aromatic heterocycles. The van der Waals surface area contributed by atoms with Crippen LogP contribution in [-0.4, -0.2) is 12.3 Å². The second kappa shape index (κ2) is 3.93. The summed E-state index contributed by atoms with van der Waals surface area (Å²) in [5.74, 6) is -2.08. The van der Waals surface area contributed by atoms with Crippen molar-refractivity contribution in [2.45, 2.75) is 0 Å². The molecule has 0 amide bonds. The van der Waals surface area contributed by atoms with Crippen molar-refractivity contribution in [3.05, 3.63) is 33.8 Å². The second-order valence-corrected chi connectivity index (χ2v) is 3.23. The Kier molecular flexibility index (Phi) is 3.11. The number of benzene rings is 1. The fraction of sp³-hybridized carbons (Fsp3) is 0.125. The molecule has 0 aliphatic heterocycles. The van der Waals surface area contributed by atoms with Gasteiger partial charge in [0, 0.05) is 0 Å². The summed E-state index contributed by atoms with van der Waals surface area (Å²) in [4.78, 5) is 11.0. The molecular weight excluding hydrogens is 244 g/mol. The molecule has 5 heteroatoms. The minimum absolute atomic E-state index is 0.0794. The van der Waals surface area contributed by atoms with Crippen molar-refractivity contribution < 1.29 is 13.6 Å². The molecule has 0 atom stereocenters. The molecule has 0 aliphatic rings. The van der Waals surface area contributed by atoms with Gasteiger partial charge in [0.1, 0.15) is 11.6 Å². The van der Waals surface area contributed by atoms with Gasteiger partial charge >= 0.3 is 0 Å². The normalized spacial score (nSPS) is 10.2. The summed E-state index contributed by atoms with van der Waals surface area (Å²) in [6, 6.07) is 1.78. The van der Waals surface area contributed by atoms with Crippen molar-refractivity contribution in [2.24, 2.45) is 5.73 Å². The molecular formula is C8H6BrF2NO. The molecule has 2 N–H and O–H groups in total. The van der Waals surface area contributed by atoms with E-state index in [4.69, 9.17) is 5.73 Å². The van der Waals surface area contributed by atoms with Gasteiger partial charge in [0.05, 0.1) is 16.6 Å². The van der Waals surface area contributed by atoms with Crippen LogP contribution in [0, 0.1) is 11.6 Å². The van der Waals surface area contributed by atoms with E-state index in [-0.39, 0.29) is 16.6 Å². The first-order valence-electron chi connectivity index (χ1n) is 3.44. The predicted molar refractivity (Wildman–Crippen MR) is 47.4 cm³/mol. The van der Waals surface area contributed by atoms with Crippen LogP contribution in [0.25, 0.3) is 0 Å². The Morgan fingerprint density at radius 1 is 1.46 bits per heavy atom. The van der Waals surface area contributed by atoms with E-state index in [9.17, 15) is 13.6 Å². The molecule has 0 spiro atoms. The molecule has 70 valence electrons. The van der Waals surface area contributed by atoms with Crippen molar-refractivity contribution in [1.29, 1.82) is 0 Å². The zero-order valence-electron chi connectivity index (χ0n) is 6.48. The van der Waals surface area contributed by atoms with E-state index >= 15 is 0 Å². The maximum absolute atomic E-state index is 13.1. The third-order valence-electron chi connectivity index (χ3n) is 1.48. The summed E-state index contributed by atoms with van der Waals surface area (Å²) in [6.07, 6.45) is 0. The lowest BCUT2D eigenvalue weighted by atomic mass is 10.1. The van der Waals surface area contributed by atoms with E-state index in [2.05, 4.69) is 15.9 Å². The number of hydrogen-bond donors (Lipinski definition) is 1. The Labute approximate surface area is 81.9 Å². The Balaban J connectivity index is 3.28. The summed E-state index contributed by atoms with van der Waals surface area (Å²) in [5, 5.41) is 0. The van der Waals surface area contributed by atoms with Gasteiger partial charge in [0.15, 0.2) is 5.78 Å². The zero-order valence-corrected chi connectivity index (χ0v) is 8.07. The van der Waals surface area contributed by atoms with Crippen LogP contribution in [-0.2, 0) is 0 Å². The molecule has 0 saturated carbocycles. The molecule has 0 heterocycles. The largest absolute Gasteiger partial charge is 0.324 e. The molecule has 0 unspecified atom stereocenters. The topological polar surface area (TPSA) is 43.1 Å².